The number of benzene rings is 4. The number of rotatable bonds is 9. The quantitative estimate of drug-likeness (QED) is 0.132. The number of nitrogens with one attached hydrogen (secondary N) is 1. The number of nitro benzene ring substituents is 1. The molecule has 0 aromatic heterocycles. The molecule has 0 aliphatic heterocycles. The SMILES string of the molecule is COC(=O)c1cc(-c2ccc(CC(NC(=O)c3cc(-c4ccc(C(F)(F)F)cc4)ccc3O)C(=O)OC)cc2)cc([N+](=O)[O-])c1. The average Bonchev–Trinajstić information content (AvgIpc) is 3.03. The van der Waals surface area contributed by atoms with E-state index in [9.17, 15) is 42.8 Å². The number of non-ortho nitro benzene ring substituents is 1. The number of alkyl halides is 3. The fourth-order valence-electron chi connectivity index (χ4n) is 4.51. The summed E-state index contributed by atoms with van der Waals surface area (Å²) in [5, 5.41) is 24.3. The molecule has 4 rings (SSSR count). The van der Waals surface area contributed by atoms with Crippen LogP contribution in [0.5, 0.6) is 5.75 Å². The van der Waals surface area contributed by atoms with Gasteiger partial charge in [0.05, 0.1) is 35.8 Å². The molecule has 0 heterocycles. The third-order valence-corrected chi connectivity index (χ3v) is 6.85. The number of methoxy groups -OCH3 is 2. The molecule has 4 aromatic carbocycles. The third-order valence-electron chi connectivity index (χ3n) is 6.85. The maximum absolute atomic E-state index is 13.2. The van der Waals surface area contributed by atoms with Crippen LogP contribution in [0.4, 0.5) is 18.9 Å². The Balaban J connectivity index is 1.55. The molecule has 0 aliphatic carbocycles. The van der Waals surface area contributed by atoms with Gasteiger partial charge in [0.15, 0.2) is 0 Å². The summed E-state index contributed by atoms with van der Waals surface area (Å²) in [6.45, 7) is 0. The van der Waals surface area contributed by atoms with Crippen LogP contribution in [-0.4, -0.2) is 48.1 Å². The molecular formula is C32H25F3N2O8. The number of halogens is 3. The summed E-state index contributed by atoms with van der Waals surface area (Å²) < 4.78 is 48.4. The van der Waals surface area contributed by atoms with E-state index in [2.05, 4.69) is 10.1 Å². The number of hydrogen-bond donors (Lipinski definition) is 2. The molecule has 0 spiro atoms. The van der Waals surface area contributed by atoms with Crippen LogP contribution in [0.15, 0.2) is 84.9 Å². The first kappa shape index (κ1) is 32.2. The summed E-state index contributed by atoms with van der Waals surface area (Å²) in [5.74, 6) is -2.78. The molecule has 45 heavy (non-hydrogen) atoms. The Kier molecular flexibility index (Phi) is 9.51. The number of phenolic OH excluding ortho intramolecular Hbond substituents is 1. The molecule has 1 atom stereocenters. The minimum atomic E-state index is -4.52. The lowest BCUT2D eigenvalue weighted by Gasteiger charge is -2.18. The van der Waals surface area contributed by atoms with Crippen LogP contribution < -0.4 is 5.32 Å². The van der Waals surface area contributed by atoms with Gasteiger partial charge in [0.1, 0.15) is 11.8 Å². The van der Waals surface area contributed by atoms with E-state index < -0.39 is 46.3 Å². The second kappa shape index (κ2) is 13.3. The average molecular weight is 623 g/mol. The van der Waals surface area contributed by atoms with Crippen LogP contribution in [-0.2, 0) is 26.9 Å². The van der Waals surface area contributed by atoms with Crippen LogP contribution >= 0.6 is 0 Å². The fourth-order valence-corrected chi connectivity index (χ4v) is 4.51. The zero-order chi connectivity index (χ0) is 32.9. The van der Waals surface area contributed by atoms with E-state index in [4.69, 9.17) is 4.74 Å². The number of amides is 1. The van der Waals surface area contributed by atoms with Gasteiger partial charge in [-0.2, -0.15) is 13.2 Å². The highest BCUT2D eigenvalue weighted by atomic mass is 19.4. The van der Waals surface area contributed by atoms with Crippen molar-refractivity contribution in [2.45, 2.75) is 18.6 Å². The van der Waals surface area contributed by atoms with Crippen molar-refractivity contribution in [1.29, 1.82) is 0 Å². The molecule has 232 valence electrons. The number of nitrogens with zero attached hydrogens (tertiary/aromatic N) is 1. The highest BCUT2D eigenvalue weighted by molar-refractivity contribution is 6.00. The van der Waals surface area contributed by atoms with Gasteiger partial charge < -0.3 is 19.9 Å². The van der Waals surface area contributed by atoms with Gasteiger partial charge in [-0.3, -0.25) is 14.9 Å². The number of carbonyl (C=O) groups excluding carboxylic acids is 3. The fraction of sp³-hybridized carbons (Fsp3) is 0.156. The Morgan fingerprint density at radius 1 is 0.844 bits per heavy atom. The van der Waals surface area contributed by atoms with Crippen LogP contribution in [0.25, 0.3) is 22.3 Å². The predicted octanol–water partition coefficient (Wildman–Crippen LogP) is 5.95. The van der Waals surface area contributed by atoms with Gasteiger partial charge in [-0.15, -0.1) is 0 Å². The molecule has 1 unspecified atom stereocenters. The Hall–Kier alpha value is -5.72. The van der Waals surface area contributed by atoms with Crippen LogP contribution in [0, 0.1) is 10.1 Å². The minimum Gasteiger partial charge on any atom is -0.507 e. The minimum absolute atomic E-state index is 0.00936. The van der Waals surface area contributed by atoms with Crippen molar-refractivity contribution >= 4 is 23.5 Å². The number of phenols is 1. The largest absolute Gasteiger partial charge is 0.507 e. The van der Waals surface area contributed by atoms with E-state index in [1.165, 1.54) is 42.5 Å². The number of carbonyl (C=O) groups is 3. The van der Waals surface area contributed by atoms with Crippen molar-refractivity contribution < 1.29 is 47.1 Å². The summed E-state index contributed by atoms with van der Waals surface area (Å²) >= 11 is 0. The second-order valence-electron chi connectivity index (χ2n) is 9.77. The Morgan fingerprint density at radius 3 is 2.02 bits per heavy atom. The van der Waals surface area contributed by atoms with Crippen molar-refractivity contribution in [2.75, 3.05) is 14.2 Å². The number of esters is 2. The summed E-state index contributed by atoms with van der Waals surface area (Å²) in [4.78, 5) is 48.5. The van der Waals surface area contributed by atoms with Crippen LogP contribution in [0.2, 0.25) is 0 Å². The molecule has 0 bridgehead atoms. The Bertz CT molecular complexity index is 1750. The Morgan fingerprint density at radius 2 is 1.44 bits per heavy atom. The second-order valence-corrected chi connectivity index (χ2v) is 9.77. The lowest BCUT2D eigenvalue weighted by atomic mass is 9.98. The molecule has 0 saturated heterocycles. The van der Waals surface area contributed by atoms with Gasteiger partial charge in [0, 0.05) is 18.6 Å². The standard InChI is InChI=1S/C32H25F3N2O8/c1-44-30(40)23-14-22(15-25(16-23)37(42)43)20-5-3-18(4-6-20)13-27(31(41)45-2)36-29(39)26-17-21(9-12-28(26)38)19-7-10-24(11-8-19)32(33,34)35/h3-12,14-17,27,38H,13H2,1-2H3,(H,36,39). The summed E-state index contributed by atoms with van der Waals surface area (Å²) in [7, 11) is 2.29. The van der Waals surface area contributed by atoms with Gasteiger partial charge in [0.2, 0.25) is 0 Å². The number of hydrogen-bond acceptors (Lipinski definition) is 8. The monoisotopic (exact) mass is 622 g/mol. The van der Waals surface area contributed by atoms with Gasteiger partial charge in [0.25, 0.3) is 11.6 Å². The molecule has 10 nitrogen and oxygen atoms in total. The van der Waals surface area contributed by atoms with Gasteiger partial charge in [-0.05, 0) is 58.1 Å². The number of nitro groups is 1. The molecule has 0 fully saturated rings. The van der Waals surface area contributed by atoms with Crippen molar-refractivity contribution in [2.24, 2.45) is 0 Å². The molecule has 0 aliphatic rings. The predicted molar refractivity (Wildman–Crippen MR) is 155 cm³/mol. The molecule has 0 saturated carbocycles. The first-order valence-corrected chi connectivity index (χ1v) is 13.2. The summed E-state index contributed by atoms with van der Waals surface area (Å²) in [6.07, 6.45) is -4.56. The van der Waals surface area contributed by atoms with Gasteiger partial charge in [-0.1, -0.05) is 42.5 Å². The van der Waals surface area contributed by atoms with Crippen molar-refractivity contribution in [1.82, 2.24) is 5.32 Å². The normalized spacial score (nSPS) is 11.8. The molecule has 4 aromatic rings. The lowest BCUT2D eigenvalue weighted by molar-refractivity contribution is -0.384. The zero-order valence-corrected chi connectivity index (χ0v) is 23.8. The first-order valence-electron chi connectivity index (χ1n) is 13.2. The maximum atomic E-state index is 13.2. The van der Waals surface area contributed by atoms with E-state index in [1.807, 2.05) is 0 Å². The maximum Gasteiger partial charge on any atom is 0.416 e. The topological polar surface area (TPSA) is 145 Å². The van der Waals surface area contributed by atoms with Gasteiger partial charge in [-0.25, -0.2) is 9.59 Å². The third kappa shape index (κ3) is 7.63. The molecule has 1 amide bonds. The van der Waals surface area contributed by atoms with Gasteiger partial charge >= 0.3 is 18.1 Å². The van der Waals surface area contributed by atoms with Crippen molar-refractivity contribution in [3.05, 3.63) is 117 Å². The highest BCUT2D eigenvalue weighted by Gasteiger charge is 2.30. The van der Waals surface area contributed by atoms with Crippen molar-refractivity contribution in [3.63, 3.8) is 0 Å². The summed E-state index contributed by atoms with van der Waals surface area (Å²) in [5.41, 5.74) is 0.805. The lowest BCUT2D eigenvalue weighted by Crippen LogP contribution is -2.43. The molecular weight excluding hydrogens is 597 g/mol. The molecule has 2 N–H and O–H groups in total. The first-order chi connectivity index (χ1) is 21.3. The van der Waals surface area contributed by atoms with E-state index >= 15 is 0 Å². The van der Waals surface area contributed by atoms with Crippen molar-refractivity contribution in [3.8, 4) is 28.0 Å². The summed E-state index contributed by atoms with van der Waals surface area (Å²) in [6, 6.07) is 17.3. The van der Waals surface area contributed by atoms with E-state index in [1.54, 1.807) is 24.3 Å². The molecule has 0 radical (unpaired) electrons. The van der Waals surface area contributed by atoms with E-state index in [-0.39, 0.29) is 23.2 Å². The molecule has 13 heteroatoms. The number of ether oxygens (including phenoxy) is 2. The zero-order valence-electron chi connectivity index (χ0n) is 23.8. The van der Waals surface area contributed by atoms with Crippen LogP contribution in [0.3, 0.4) is 0 Å². The van der Waals surface area contributed by atoms with E-state index in [0.717, 1.165) is 32.4 Å². The van der Waals surface area contributed by atoms with E-state index in [0.29, 0.717) is 27.8 Å². The van der Waals surface area contributed by atoms with Crippen LogP contribution in [0.1, 0.15) is 31.8 Å². The highest BCUT2D eigenvalue weighted by Crippen LogP contribution is 2.32. The smallest absolute Gasteiger partial charge is 0.416 e. The number of aromatic hydroxyl groups is 1. The Labute approximate surface area is 254 Å².